The fourth-order valence-electron chi connectivity index (χ4n) is 4.17. The zero-order chi connectivity index (χ0) is 17.5. The second-order valence-electron chi connectivity index (χ2n) is 6.96. The topological polar surface area (TPSA) is 17.4 Å². The first-order valence-electron chi connectivity index (χ1n) is 9.27. The van der Waals surface area contributed by atoms with Crippen molar-refractivity contribution in [1.29, 1.82) is 0 Å². The third-order valence-electron chi connectivity index (χ3n) is 5.32. The maximum absolute atomic E-state index is 6.30. The largest absolute Gasteiger partial charge is 0.477 e. The van der Waals surface area contributed by atoms with Gasteiger partial charge in [0.25, 0.3) is 0 Å². The van der Waals surface area contributed by atoms with Crippen molar-refractivity contribution in [3.05, 3.63) is 77.9 Å². The minimum absolute atomic E-state index is 0.632. The Morgan fingerprint density at radius 3 is 2.54 bits per heavy atom. The molecule has 0 atom stereocenters. The Kier molecular flexibility index (Phi) is 3.68. The Balaban J connectivity index is 1.58. The lowest BCUT2D eigenvalue weighted by Gasteiger charge is -2.29. The number of hydrogen-bond acceptors (Lipinski definition) is 2. The number of hydrogen-bond donors (Lipinski definition) is 0. The normalized spacial score (nSPS) is 14.5. The Morgan fingerprint density at radius 2 is 1.69 bits per heavy atom. The second kappa shape index (κ2) is 6.19. The number of para-hydroxylation sites is 1. The van der Waals surface area contributed by atoms with Crippen LogP contribution in [-0.2, 0) is 19.6 Å². The molecule has 0 fully saturated rings. The average Bonchev–Trinajstić information content (AvgIpc) is 3.02. The van der Waals surface area contributed by atoms with Crippen LogP contribution in [-0.4, -0.2) is 16.2 Å². The van der Waals surface area contributed by atoms with Gasteiger partial charge < -0.3 is 9.30 Å². The van der Waals surface area contributed by atoms with E-state index in [-0.39, 0.29) is 0 Å². The summed E-state index contributed by atoms with van der Waals surface area (Å²) in [6.45, 7) is 5.63. The maximum Gasteiger partial charge on any atom is 0.142 e. The minimum atomic E-state index is 0.632. The molecule has 0 saturated carbocycles. The second-order valence-corrected chi connectivity index (χ2v) is 6.96. The van der Waals surface area contributed by atoms with Crippen LogP contribution in [0.2, 0.25) is 0 Å². The zero-order valence-electron chi connectivity index (χ0n) is 15.0. The van der Waals surface area contributed by atoms with E-state index in [0.717, 1.165) is 25.4 Å². The van der Waals surface area contributed by atoms with Gasteiger partial charge in [-0.2, -0.15) is 0 Å². The smallest absolute Gasteiger partial charge is 0.142 e. The number of rotatable bonds is 3. The summed E-state index contributed by atoms with van der Waals surface area (Å²) in [7, 11) is 0. The zero-order valence-corrected chi connectivity index (χ0v) is 15.0. The van der Waals surface area contributed by atoms with Crippen LogP contribution in [0.3, 0.4) is 0 Å². The van der Waals surface area contributed by atoms with E-state index in [1.807, 2.05) is 0 Å². The van der Waals surface area contributed by atoms with Gasteiger partial charge in [0.05, 0.1) is 5.52 Å². The highest BCUT2D eigenvalue weighted by Gasteiger charge is 2.23. The molecule has 130 valence electrons. The Bertz CT molecular complexity index is 1080. The molecule has 1 aromatic heterocycles. The summed E-state index contributed by atoms with van der Waals surface area (Å²) in [6.07, 6.45) is 0. The molecule has 26 heavy (non-hydrogen) atoms. The molecule has 3 nitrogen and oxygen atoms in total. The van der Waals surface area contributed by atoms with Gasteiger partial charge >= 0.3 is 0 Å². The number of aromatic nitrogens is 1. The number of aryl methyl sites for hydroxylation is 1. The van der Waals surface area contributed by atoms with Crippen molar-refractivity contribution in [2.45, 2.75) is 26.6 Å². The summed E-state index contributed by atoms with van der Waals surface area (Å²) >= 11 is 0. The van der Waals surface area contributed by atoms with Crippen LogP contribution in [0, 0.1) is 0 Å². The monoisotopic (exact) mass is 342 g/mol. The van der Waals surface area contributed by atoms with Crippen molar-refractivity contribution in [2.24, 2.45) is 0 Å². The standard InChI is InChI=1S/C23H22N2O/c1-2-25-20-11-7-6-10-19(20)22-21(25)13-12-18-15-24(16-26-23(18)22)14-17-8-4-3-5-9-17/h3-13H,2,14-16H2,1H3. The predicted molar refractivity (Wildman–Crippen MR) is 106 cm³/mol. The van der Waals surface area contributed by atoms with Gasteiger partial charge in [-0.05, 0) is 24.6 Å². The Morgan fingerprint density at radius 1 is 0.885 bits per heavy atom. The van der Waals surface area contributed by atoms with E-state index in [1.165, 1.54) is 32.9 Å². The van der Waals surface area contributed by atoms with Crippen molar-refractivity contribution in [3.63, 3.8) is 0 Å². The molecule has 0 amide bonds. The molecule has 0 aliphatic carbocycles. The van der Waals surface area contributed by atoms with E-state index in [4.69, 9.17) is 4.74 Å². The minimum Gasteiger partial charge on any atom is -0.477 e. The molecule has 0 bridgehead atoms. The average molecular weight is 342 g/mol. The molecule has 4 aromatic rings. The molecule has 3 heteroatoms. The number of ether oxygens (including phenoxy) is 1. The van der Waals surface area contributed by atoms with Gasteiger partial charge in [-0.3, -0.25) is 4.90 Å². The highest BCUT2D eigenvalue weighted by molar-refractivity contribution is 6.11. The predicted octanol–water partition coefficient (Wildman–Crippen LogP) is 5.17. The molecule has 3 aromatic carbocycles. The summed E-state index contributed by atoms with van der Waals surface area (Å²) < 4.78 is 8.68. The Labute approximate surface area is 153 Å². The quantitative estimate of drug-likeness (QED) is 0.511. The van der Waals surface area contributed by atoms with Gasteiger partial charge in [0, 0.05) is 41.5 Å². The molecular formula is C23H22N2O. The van der Waals surface area contributed by atoms with Crippen molar-refractivity contribution in [1.82, 2.24) is 9.47 Å². The lowest BCUT2D eigenvalue weighted by atomic mass is 10.1. The maximum atomic E-state index is 6.30. The molecular weight excluding hydrogens is 320 g/mol. The summed E-state index contributed by atoms with van der Waals surface area (Å²) in [5.74, 6) is 1.07. The van der Waals surface area contributed by atoms with Gasteiger partial charge in [-0.1, -0.05) is 54.6 Å². The number of benzene rings is 3. The van der Waals surface area contributed by atoms with Gasteiger partial charge in [0.1, 0.15) is 12.5 Å². The van der Waals surface area contributed by atoms with E-state index in [0.29, 0.717) is 6.73 Å². The summed E-state index contributed by atoms with van der Waals surface area (Å²) in [5.41, 5.74) is 5.15. The van der Waals surface area contributed by atoms with E-state index >= 15 is 0 Å². The summed E-state index contributed by atoms with van der Waals surface area (Å²) in [4.78, 5) is 2.35. The molecule has 0 N–H and O–H groups in total. The third-order valence-corrected chi connectivity index (χ3v) is 5.32. The Hall–Kier alpha value is -2.78. The number of nitrogens with zero attached hydrogens (tertiary/aromatic N) is 2. The van der Waals surface area contributed by atoms with Crippen LogP contribution in [0.15, 0.2) is 66.7 Å². The van der Waals surface area contributed by atoms with Crippen molar-refractivity contribution in [3.8, 4) is 5.75 Å². The SMILES string of the molecule is CCn1c2ccccc2c2c3c(ccc21)CN(Cc1ccccc1)CO3. The van der Waals surface area contributed by atoms with Crippen LogP contribution in [0.1, 0.15) is 18.1 Å². The van der Waals surface area contributed by atoms with Crippen LogP contribution >= 0.6 is 0 Å². The van der Waals surface area contributed by atoms with Gasteiger partial charge in [0.15, 0.2) is 0 Å². The molecule has 0 saturated heterocycles. The molecule has 0 unspecified atom stereocenters. The lowest BCUT2D eigenvalue weighted by Crippen LogP contribution is -2.31. The van der Waals surface area contributed by atoms with Gasteiger partial charge in [-0.25, -0.2) is 0 Å². The van der Waals surface area contributed by atoms with E-state index in [9.17, 15) is 0 Å². The lowest BCUT2D eigenvalue weighted by molar-refractivity contribution is 0.0904. The van der Waals surface area contributed by atoms with Crippen LogP contribution in [0.5, 0.6) is 5.75 Å². The van der Waals surface area contributed by atoms with Gasteiger partial charge in [-0.15, -0.1) is 0 Å². The van der Waals surface area contributed by atoms with Gasteiger partial charge in [0.2, 0.25) is 0 Å². The first-order valence-corrected chi connectivity index (χ1v) is 9.27. The highest BCUT2D eigenvalue weighted by Crippen LogP contribution is 2.40. The molecule has 1 aliphatic heterocycles. The number of fused-ring (bicyclic) bond motifs is 5. The van der Waals surface area contributed by atoms with Crippen molar-refractivity contribution in [2.75, 3.05) is 6.73 Å². The molecule has 0 spiro atoms. The molecule has 5 rings (SSSR count). The molecule has 1 aliphatic rings. The first kappa shape index (κ1) is 15.5. The van der Waals surface area contributed by atoms with Crippen LogP contribution < -0.4 is 4.74 Å². The molecule has 0 radical (unpaired) electrons. The third kappa shape index (κ3) is 2.39. The first-order chi connectivity index (χ1) is 12.8. The highest BCUT2D eigenvalue weighted by atomic mass is 16.5. The van der Waals surface area contributed by atoms with E-state index in [1.54, 1.807) is 0 Å². The summed E-state index contributed by atoms with van der Waals surface area (Å²) in [6, 6.07) is 23.7. The van der Waals surface area contributed by atoms with Crippen LogP contribution in [0.4, 0.5) is 0 Å². The fourth-order valence-corrected chi connectivity index (χ4v) is 4.17. The van der Waals surface area contributed by atoms with E-state index in [2.05, 4.69) is 83.1 Å². The van der Waals surface area contributed by atoms with Crippen molar-refractivity contribution >= 4 is 21.8 Å². The van der Waals surface area contributed by atoms with Crippen LogP contribution in [0.25, 0.3) is 21.8 Å². The molecule has 2 heterocycles. The van der Waals surface area contributed by atoms with E-state index < -0.39 is 0 Å². The fraction of sp³-hybridized carbons (Fsp3) is 0.217. The summed E-state index contributed by atoms with van der Waals surface area (Å²) in [5, 5.41) is 2.55. The van der Waals surface area contributed by atoms with Crippen molar-refractivity contribution < 1.29 is 4.74 Å².